The number of amides is 3. The summed E-state index contributed by atoms with van der Waals surface area (Å²) in [5.74, 6) is -0.136. The van der Waals surface area contributed by atoms with Crippen molar-refractivity contribution in [3.63, 3.8) is 0 Å². The molecule has 0 radical (unpaired) electrons. The van der Waals surface area contributed by atoms with Crippen LogP contribution in [0.3, 0.4) is 0 Å². The summed E-state index contributed by atoms with van der Waals surface area (Å²) in [5.41, 5.74) is 4.20. The molecule has 9 nitrogen and oxygen atoms in total. The summed E-state index contributed by atoms with van der Waals surface area (Å²) in [6, 6.07) is 9.40. The van der Waals surface area contributed by atoms with Crippen LogP contribution in [0.25, 0.3) is 0 Å². The second kappa shape index (κ2) is 10.0. The number of hydrazine groups is 1. The molecule has 4 aliphatic rings. The number of hydrogen-bond acceptors (Lipinski definition) is 6. The first-order chi connectivity index (χ1) is 16.5. The van der Waals surface area contributed by atoms with E-state index in [2.05, 4.69) is 22.1 Å². The van der Waals surface area contributed by atoms with Crippen molar-refractivity contribution in [2.45, 2.75) is 25.8 Å². The molecule has 0 spiro atoms. The molecule has 3 atom stereocenters. The lowest BCUT2D eigenvalue weighted by Gasteiger charge is -2.42. The number of piperazine rings is 1. The standard InChI is InChI=1S/C25H36N6O3/c1-2-27-16-20(23-21(17-27)25(34)31(26-23)19-8-4-3-5-9-19)24(33)30-14-12-28(13-15-30)18-22(32)29-10-6-7-11-29/h3-5,8-9,20-21,23,26H,2,6-7,10-18H2,1H3. The van der Waals surface area contributed by atoms with Gasteiger partial charge in [-0.25, -0.2) is 10.4 Å². The number of hydrogen-bond donors (Lipinski definition) is 1. The number of likely N-dealkylation sites (tertiary alicyclic amines) is 2. The molecule has 1 N–H and O–H groups in total. The van der Waals surface area contributed by atoms with Crippen LogP contribution < -0.4 is 10.4 Å². The molecule has 4 aliphatic heterocycles. The van der Waals surface area contributed by atoms with Gasteiger partial charge in [0.2, 0.25) is 17.7 Å². The van der Waals surface area contributed by atoms with Crippen molar-refractivity contribution in [2.24, 2.45) is 11.8 Å². The molecule has 4 heterocycles. The SMILES string of the molecule is CCN1CC(C(=O)N2CCN(CC(=O)N3CCCC3)CC2)C2NN(c3ccccc3)C(=O)C2C1. The highest BCUT2D eigenvalue weighted by Crippen LogP contribution is 2.32. The number of fused-ring (bicyclic) bond motifs is 1. The van der Waals surface area contributed by atoms with Crippen molar-refractivity contribution in [3.05, 3.63) is 30.3 Å². The van der Waals surface area contributed by atoms with E-state index in [0.717, 1.165) is 38.2 Å². The quantitative estimate of drug-likeness (QED) is 0.667. The van der Waals surface area contributed by atoms with Crippen molar-refractivity contribution in [3.8, 4) is 0 Å². The molecule has 0 aliphatic carbocycles. The van der Waals surface area contributed by atoms with Crippen molar-refractivity contribution in [1.82, 2.24) is 25.0 Å². The van der Waals surface area contributed by atoms with E-state index in [4.69, 9.17) is 0 Å². The molecule has 5 rings (SSSR count). The Kier molecular flexibility index (Phi) is 6.85. The smallest absolute Gasteiger partial charge is 0.247 e. The molecule has 0 saturated carbocycles. The van der Waals surface area contributed by atoms with E-state index in [9.17, 15) is 14.4 Å². The van der Waals surface area contributed by atoms with Crippen LogP contribution in [-0.2, 0) is 14.4 Å². The lowest BCUT2D eigenvalue weighted by atomic mass is 9.83. The van der Waals surface area contributed by atoms with Crippen LogP contribution in [0.15, 0.2) is 30.3 Å². The highest BCUT2D eigenvalue weighted by atomic mass is 16.2. The predicted molar refractivity (Wildman–Crippen MR) is 129 cm³/mol. The zero-order valence-electron chi connectivity index (χ0n) is 20.1. The van der Waals surface area contributed by atoms with Gasteiger partial charge < -0.3 is 14.7 Å². The summed E-state index contributed by atoms with van der Waals surface area (Å²) in [4.78, 5) is 47.7. The number of carbonyl (C=O) groups excluding carboxylic acids is 3. The average molecular weight is 469 g/mol. The van der Waals surface area contributed by atoms with Crippen LogP contribution in [0.1, 0.15) is 19.8 Å². The van der Waals surface area contributed by atoms with Crippen LogP contribution >= 0.6 is 0 Å². The largest absolute Gasteiger partial charge is 0.342 e. The maximum Gasteiger partial charge on any atom is 0.247 e. The number of para-hydroxylation sites is 1. The second-order valence-electron chi connectivity index (χ2n) is 9.92. The Hall–Kier alpha value is -2.49. The Morgan fingerprint density at radius 1 is 0.912 bits per heavy atom. The highest BCUT2D eigenvalue weighted by Gasteiger charge is 2.51. The van der Waals surface area contributed by atoms with Gasteiger partial charge in [0.05, 0.1) is 30.1 Å². The molecule has 3 unspecified atom stereocenters. The number of piperidine rings is 1. The molecule has 4 fully saturated rings. The van der Waals surface area contributed by atoms with Gasteiger partial charge in [-0.3, -0.25) is 19.3 Å². The molecule has 184 valence electrons. The zero-order valence-corrected chi connectivity index (χ0v) is 20.1. The van der Waals surface area contributed by atoms with E-state index in [-0.39, 0.29) is 35.6 Å². The van der Waals surface area contributed by atoms with Crippen LogP contribution in [0.5, 0.6) is 0 Å². The summed E-state index contributed by atoms with van der Waals surface area (Å²) in [6.07, 6.45) is 2.20. The van der Waals surface area contributed by atoms with Crippen molar-refractivity contribution in [2.75, 3.05) is 70.5 Å². The Balaban J connectivity index is 1.23. The van der Waals surface area contributed by atoms with Gasteiger partial charge in [0, 0.05) is 52.4 Å². The minimum atomic E-state index is -0.269. The lowest BCUT2D eigenvalue weighted by Crippen LogP contribution is -2.60. The Morgan fingerprint density at radius 2 is 1.62 bits per heavy atom. The summed E-state index contributed by atoms with van der Waals surface area (Å²) in [5, 5.41) is 1.64. The van der Waals surface area contributed by atoms with Gasteiger partial charge in [0.15, 0.2) is 0 Å². The third-order valence-electron chi connectivity index (χ3n) is 7.87. The van der Waals surface area contributed by atoms with Crippen molar-refractivity contribution in [1.29, 1.82) is 0 Å². The molecular formula is C25H36N6O3. The van der Waals surface area contributed by atoms with E-state index < -0.39 is 0 Å². The predicted octanol–water partition coefficient (Wildman–Crippen LogP) is 0.241. The minimum absolute atomic E-state index is 0.0393. The summed E-state index contributed by atoms with van der Waals surface area (Å²) < 4.78 is 0. The Labute approximate surface area is 201 Å². The normalized spacial score (nSPS) is 28.4. The topological polar surface area (TPSA) is 79.4 Å². The first-order valence-corrected chi connectivity index (χ1v) is 12.7. The summed E-state index contributed by atoms with van der Waals surface area (Å²) in [7, 11) is 0. The van der Waals surface area contributed by atoms with Gasteiger partial charge in [-0.2, -0.15) is 0 Å². The van der Waals surface area contributed by atoms with Gasteiger partial charge >= 0.3 is 0 Å². The van der Waals surface area contributed by atoms with Crippen molar-refractivity contribution < 1.29 is 14.4 Å². The molecule has 34 heavy (non-hydrogen) atoms. The number of carbonyl (C=O) groups is 3. The molecule has 4 saturated heterocycles. The lowest BCUT2D eigenvalue weighted by molar-refractivity contribution is -0.141. The Morgan fingerprint density at radius 3 is 2.29 bits per heavy atom. The number of benzene rings is 1. The average Bonchev–Trinajstić information content (AvgIpc) is 3.53. The van der Waals surface area contributed by atoms with E-state index in [1.807, 2.05) is 40.1 Å². The van der Waals surface area contributed by atoms with Crippen molar-refractivity contribution >= 4 is 23.4 Å². The van der Waals surface area contributed by atoms with Gasteiger partial charge in [-0.15, -0.1) is 0 Å². The fourth-order valence-electron chi connectivity index (χ4n) is 5.82. The molecule has 1 aromatic rings. The third kappa shape index (κ3) is 4.56. The summed E-state index contributed by atoms with van der Waals surface area (Å²) in [6.45, 7) is 9.12. The second-order valence-corrected chi connectivity index (χ2v) is 9.92. The van der Waals surface area contributed by atoms with Gasteiger partial charge in [-0.05, 0) is 31.5 Å². The fourth-order valence-corrected chi connectivity index (χ4v) is 5.82. The highest BCUT2D eigenvalue weighted by molar-refractivity contribution is 5.98. The van der Waals surface area contributed by atoms with Crippen LogP contribution in [0.4, 0.5) is 5.69 Å². The van der Waals surface area contributed by atoms with Crippen LogP contribution in [-0.4, -0.2) is 109 Å². The van der Waals surface area contributed by atoms with Gasteiger partial charge in [0.1, 0.15) is 0 Å². The molecule has 3 amide bonds. The van der Waals surface area contributed by atoms with E-state index >= 15 is 0 Å². The van der Waals surface area contributed by atoms with E-state index in [1.54, 1.807) is 5.01 Å². The first kappa shape index (κ1) is 23.3. The zero-order chi connectivity index (χ0) is 23.7. The molecule has 1 aromatic carbocycles. The minimum Gasteiger partial charge on any atom is -0.342 e. The number of anilines is 1. The maximum absolute atomic E-state index is 13.7. The third-order valence-corrected chi connectivity index (χ3v) is 7.87. The molecule has 9 heteroatoms. The number of rotatable bonds is 5. The monoisotopic (exact) mass is 468 g/mol. The van der Waals surface area contributed by atoms with Gasteiger partial charge in [0.25, 0.3) is 0 Å². The Bertz CT molecular complexity index is 897. The first-order valence-electron chi connectivity index (χ1n) is 12.7. The maximum atomic E-state index is 13.7. The molecule has 0 bridgehead atoms. The van der Waals surface area contributed by atoms with Crippen LogP contribution in [0.2, 0.25) is 0 Å². The van der Waals surface area contributed by atoms with E-state index in [1.165, 1.54) is 0 Å². The number of nitrogens with one attached hydrogen (secondary N) is 1. The summed E-state index contributed by atoms with van der Waals surface area (Å²) >= 11 is 0. The van der Waals surface area contributed by atoms with Crippen LogP contribution in [0, 0.1) is 11.8 Å². The fraction of sp³-hybridized carbons (Fsp3) is 0.640. The molecule has 0 aromatic heterocycles. The number of nitrogens with zero attached hydrogens (tertiary/aromatic N) is 5. The molecular weight excluding hydrogens is 432 g/mol. The van der Waals surface area contributed by atoms with Gasteiger partial charge in [-0.1, -0.05) is 25.1 Å². The van der Waals surface area contributed by atoms with E-state index in [0.29, 0.717) is 45.8 Å².